The van der Waals surface area contributed by atoms with Gasteiger partial charge in [0.25, 0.3) is 5.91 Å². The lowest BCUT2D eigenvalue weighted by Crippen LogP contribution is -2.15. The quantitative estimate of drug-likeness (QED) is 0.596. The Bertz CT molecular complexity index is 1090. The first-order valence-corrected chi connectivity index (χ1v) is 8.45. The second-order valence-electron chi connectivity index (χ2n) is 6.21. The summed E-state index contributed by atoms with van der Waals surface area (Å²) in [4.78, 5) is 23.8. The van der Waals surface area contributed by atoms with Crippen LogP contribution < -0.4 is 16.8 Å². The summed E-state index contributed by atoms with van der Waals surface area (Å²) in [6.07, 6.45) is -4.53. The van der Waals surface area contributed by atoms with Gasteiger partial charge < -0.3 is 16.8 Å². The molecule has 3 rings (SSSR count). The molecule has 8 heteroatoms. The second kappa shape index (κ2) is 7.67. The number of nitrogens with one attached hydrogen (secondary N) is 1. The molecule has 0 aliphatic heterocycles. The van der Waals surface area contributed by atoms with Crippen molar-refractivity contribution < 1.29 is 22.8 Å². The van der Waals surface area contributed by atoms with Crippen LogP contribution in [0.25, 0.3) is 11.1 Å². The van der Waals surface area contributed by atoms with E-state index in [9.17, 15) is 22.8 Å². The molecule has 0 radical (unpaired) electrons. The fraction of sp³-hybridized carbons (Fsp3) is 0.0476. The number of primary amides is 2. The SMILES string of the molecule is NC(=O)c1ccccc1-c1cccc(C(N)=O)c1Nc1cccc(C(F)(F)F)c1. The molecule has 0 aromatic heterocycles. The largest absolute Gasteiger partial charge is 0.416 e. The molecule has 5 nitrogen and oxygen atoms in total. The van der Waals surface area contributed by atoms with Crippen LogP contribution in [0.15, 0.2) is 66.7 Å². The molecule has 3 aromatic carbocycles. The summed E-state index contributed by atoms with van der Waals surface area (Å²) in [6.45, 7) is 0. The molecule has 0 atom stereocenters. The fourth-order valence-corrected chi connectivity index (χ4v) is 2.97. The third-order valence-corrected chi connectivity index (χ3v) is 4.27. The number of rotatable bonds is 5. The molecule has 29 heavy (non-hydrogen) atoms. The average molecular weight is 399 g/mol. The minimum absolute atomic E-state index is 0.0548. The molecular weight excluding hydrogens is 383 g/mol. The van der Waals surface area contributed by atoms with Gasteiger partial charge in [0.05, 0.1) is 16.8 Å². The minimum Gasteiger partial charge on any atom is -0.366 e. The molecule has 0 spiro atoms. The molecule has 0 aliphatic rings. The lowest BCUT2D eigenvalue weighted by Gasteiger charge is -2.18. The molecule has 0 aliphatic carbocycles. The Morgan fingerprint density at radius 3 is 2.00 bits per heavy atom. The van der Waals surface area contributed by atoms with E-state index >= 15 is 0 Å². The number of amides is 2. The summed E-state index contributed by atoms with van der Waals surface area (Å²) < 4.78 is 39.1. The predicted molar refractivity (Wildman–Crippen MR) is 104 cm³/mol. The zero-order chi connectivity index (χ0) is 21.2. The van der Waals surface area contributed by atoms with Crippen LogP contribution in [-0.2, 0) is 6.18 Å². The maximum atomic E-state index is 13.0. The Morgan fingerprint density at radius 2 is 1.34 bits per heavy atom. The van der Waals surface area contributed by atoms with E-state index in [1.807, 2.05) is 0 Å². The van der Waals surface area contributed by atoms with Crippen LogP contribution in [0.1, 0.15) is 26.3 Å². The molecular formula is C21H16F3N3O2. The van der Waals surface area contributed by atoms with Crippen molar-refractivity contribution >= 4 is 23.2 Å². The molecule has 0 unspecified atom stereocenters. The van der Waals surface area contributed by atoms with Crippen LogP contribution in [0, 0.1) is 0 Å². The van der Waals surface area contributed by atoms with E-state index in [4.69, 9.17) is 11.5 Å². The molecule has 0 heterocycles. The van der Waals surface area contributed by atoms with Gasteiger partial charge in [-0.3, -0.25) is 9.59 Å². The second-order valence-corrected chi connectivity index (χ2v) is 6.21. The summed E-state index contributed by atoms with van der Waals surface area (Å²) in [5.74, 6) is -1.46. The van der Waals surface area contributed by atoms with Gasteiger partial charge in [0.1, 0.15) is 0 Å². The number of hydrogen-bond donors (Lipinski definition) is 3. The van der Waals surface area contributed by atoms with E-state index in [-0.39, 0.29) is 22.5 Å². The lowest BCUT2D eigenvalue weighted by atomic mass is 9.95. The van der Waals surface area contributed by atoms with Gasteiger partial charge in [-0.15, -0.1) is 0 Å². The number of benzene rings is 3. The third kappa shape index (κ3) is 4.21. The number of anilines is 2. The predicted octanol–water partition coefficient (Wildman–Crippen LogP) is 4.31. The summed E-state index contributed by atoms with van der Waals surface area (Å²) in [6, 6.07) is 15.6. The number of hydrogen-bond acceptors (Lipinski definition) is 3. The van der Waals surface area contributed by atoms with Crippen LogP contribution in [0.3, 0.4) is 0 Å². The zero-order valence-corrected chi connectivity index (χ0v) is 15.0. The first-order valence-electron chi connectivity index (χ1n) is 8.45. The third-order valence-electron chi connectivity index (χ3n) is 4.27. The highest BCUT2D eigenvalue weighted by Gasteiger charge is 2.30. The molecule has 0 fully saturated rings. The van der Waals surface area contributed by atoms with Crippen molar-refractivity contribution in [1.82, 2.24) is 0 Å². The van der Waals surface area contributed by atoms with Crippen molar-refractivity contribution in [2.24, 2.45) is 11.5 Å². The smallest absolute Gasteiger partial charge is 0.366 e. The molecule has 5 N–H and O–H groups in total. The van der Waals surface area contributed by atoms with E-state index < -0.39 is 23.6 Å². The standard InChI is InChI=1S/C21H16F3N3O2/c22-21(23,24)12-5-3-6-13(11-12)27-18-15(9-4-10-17(18)20(26)29)14-7-1-2-8-16(14)19(25)28/h1-11,27H,(H2,25,28)(H2,26,29). The monoisotopic (exact) mass is 399 g/mol. The maximum absolute atomic E-state index is 13.0. The summed E-state index contributed by atoms with van der Waals surface area (Å²) in [5.41, 5.74) is 11.4. The molecule has 0 saturated heterocycles. The van der Waals surface area contributed by atoms with E-state index in [0.717, 1.165) is 12.1 Å². The minimum atomic E-state index is -4.53. The van der Waals surface area contributed by atoms with Crippen LogP contribution in [0.2, 0.25) is 0 Å². The van der Waals surface area contributed by atoms with E-state index in [0.29, 0.717) is 11.1 Å². The van der Waals surface area contributed by atoms with Crippen LogP contribution in [-0.4, -0.2) is 11.8 Å². The van der Waals surface area contributed by atoms with Crippen molar-refractivity contribution in [3.05, 3.63) is 83.4 Å². The van der Waals surface area contributed by atoms with Gasteiger partial charge in [-0.25, -0.2) is 0 Å². The van der Waals surface area contributed by atoms with Gasteiger partial charge >= 0.3 is 6.18 Å². The highest BCUT2D eigenvalue weighted by atomic mass is 19.4. The summed E-state index contributed by atoms with van der Waals surface area (Å²) in [5, 5.41) is 2.85. The zero-order valence-electron chi connectivity index (χ0n) is 15.0. The summed E-state index contributed by atoms with van der Waals surface area (Å²) in [7, 11) is 0. The van der Waals surface area contributed by atoms with Crippen molar-refractivity contribution in [1.29, 1.82) is 0 Å². The number of carbonyl (C=O) groups excluding carboxylic acids is 2. The Hall–Kier alpha value is -3.81. The van der Waals surface area contributed by atoms with Crippen LogP contribution in [0.4, 0.5) is 24.5 Å². The van der Waals surface area contributed by atoms with Crippen molar-refractivity contribution in [3.63, 3.8) is 0 Å². The topological polar surface area (TPSA) is 98.2 Å². The number of para-hydroxylation sites is 1. The Kier molecular flexibility index (Phi) is 5.27. The first kappa shape index (κ1) is 19.9. The highest BCUT2D eigenvalue weighted by Crippen LogP contribution is 2.37. The lowest BCUT2D eigenvalue weighted by molar-refractivity contribution is -0.137. The Labute approximate surface area is 164 Å². The van der Waals surface area contributed by atoms with Gasteiger partial charge in [-0.2, -0.15) is 13.2 Å². The number of halogens is 3. The van der Waals surface area contributed by atoms with Gasteiger partial charge in [-0.1, -0.05) is 36.4 Å². The molecule has 148 valence electrons. The number of nitrogens with two attached hydrogens (primary N) is 2. The van der Waals surface area contributed by atoms with Crippen molar-refractivity contribution in [2.45, 2.75) is 6.18 Å². The molecule has 3 aromatic rings. The van der Waals surface area contributed by atoms with E-state index in [2.05, 4.69) is 5.32 Å². The normalized spacial score (nSPS) is 11.1. The van der Waals surface area contributed by atoms with Gasteiger partial charge in [0.15, 0.2) is 0 Å². The first-order chi connectivity index (χ1) is 13.7. The molecule has 0 saturated carbocycles. The molecule has 2 amide bonds. The van der Waals surface area contributed by atoms with Gasteiger partial charge in [-0.05, 0) is 35.9 Å². The van der Waals surface area contributed by atoms with E-state index in [1.54, 1.807) is 30.3 Å². The average Bonchev–Trinajstić information content (AvgIpc) is 2.67. The maximum Gasteiger partial charge on any atom is 0.416 e. The number of carbonyl (C=O) groups is 2. The summed E-state index contributed by atoms with van der Waals surface area (Å²) >= 11 is 0. The van der Waals surface area contributed by atoms with Crippen molar-refractivity contribution in [3.8, 4) is 11.1 Å². The Morgan fingerprint density at radius 1 is 0.759 bits per heavy atom. The van der Waals surface area contributed by atoms with Crippen molar-refractivity contribution in [2.75, 3.05) is 5.32 Å². The van der Waals surface area contributed by atoms with E-state index in [1.165, 1.54) is 24.3 Å². The molecule has 0 bridgehead atoms. The fourth-order valence-electron chi connectivity index (χ4n) is 2.97. The number of alkyl halides is 3. The van der Waals surface area contributed by atoms with Crippen LogP contribution in [0.5, 0.6) is 0 Å². The van der Waals surface area contributed by atoms with Crippen LogP contribution >= 0.6 is 0 Å². The van der Waals surface area contributed by atoms with Gasteiger partial charge in [0.2, 0.25) is 5.91 Å². The van der Waals surface area contributed by atoms with Gasteiger partial charge in [0, 0.05) is 16.8 Å². The Balaban J connectivity index is 2.19. The highest BCUT2D eigenvalue weighted by molar-refractivity contribution is 6.06.